The SMILES string of the molecule is Cc1ccc2nc(NC(=O)C3(c4cccc(F)c4)CCOCC3)sc2c1. The Morgan fingerprint density at radius 3 is 2.81 bits per heavy atom. The Kier molecular flexibility index (Phi) is 4.46. The molecule has 134 valence electrons. The van der Waals surface area contributed by atoms with Gasteiger partial charge in [-0.1, -0.05) is 29.5 Å². The van der Waals surface area contributed by atoms with E-state index in [1.807, 2.05) is 25.1 Å². The van der Waals surface area contributed by atoms with Crippen LogP contribution in [0.5, 0.6) is 0 Å². The lowest BCUT2D eigenvalue weighted by atomic mass is 9.73. The average Bonchev–Trinajstić information content (AvgIpc) is 3.03. The molecular weight excluding hydrogens is 351 g/mol. The molecule has 6 heteroatoms. The molecule has 0 radical (unpaired) electrons. The summed E-state index contributed by atoms with van der Waals surface area (Å²) in [7, 11) is 0. The van der Waals surface area contributed by atoms with Crippen LogP contribution in [0.4, 0.5) is 9.52 Å². The number of aromatic nitrogens is 1. The van der Waals surface area contributed by atoms with Crippen molar-refractivity contribution in [2.45, 2.75) is 25.2 Å². The first-order chi connectivity index (χ1) is 12.6. The number of hydrogen-bond acceptors (Lipinski definition) is 4. The zero-order chi connectivity index (χ0) is 18.1. The van der Waals surface area contributed by atoms with Crippen LogP contribution in [-0.2, 0) is 14.9 Å². The molecule has 0 unspecified atom stereocenters. The smallest absolute Gasteiger partial charge is 0.236 e. The lowest BCUT2D eigenvalue weighted by Crippen LogP contribution is -2.44. The second-order valence-corrected chi connectivity index (χ2v) is 7.68. The number of anilines is 1. The second kappa shape index (κ2) is 6.78. The van der Waals surface area contributed by atoms with Gasteiger partial charge in [-0.25, -0.2) is 9.37 Å². The van der Waals surface area contributed by atoms with E-state index in [0.29, 0.717) is 36.8 Å². The highest BCUT2D eigenvalue weighted by Crippen LogP contribution is 2.37. The van der Waals surface area contributed by atoms with Crippen molar-refractivity contribution < 1.29 is 13.9 Å². The largest absolute Gasteiger partial charge is 0.381 e. The van der Waals surface area contributed by atoms with Gasteiger partial charge in [-0.05, 0) is 55.2 Å². The first-order valence-electron chi connectivity index (χ1n) is 8.59. The summed E-state index contributed by atoms with van der Waals surface area (Å²) in [6.07, 6.45) is 1.04. The summed E-state index contributed by atoms with van der Waals surface area (Å²) in [5.74, 6) is -0.487. The average molecular weight is 370 g/mol. The quantitative estimate of drug-likeness (QED) is 0.742. The molecule has 0 aliphatic carbocycles. The molecule has 0 saturated carbocycles. The van der Waals surface area contributed by atoms with Gasteiger partial charge in [0.2, 0.25) is 5.91 Å². The maximum atomic E-state index is 13.8. The monoisotopic (exact) mass is 370 g/mol. The Bertz CT molecular complexity index is 963. The summed E-state index contributed by atoms with van der Waals surface area (Å²) in [6, 6.07) is 12.3. The van der Waals surface area contributed by atoms with Gasteiger partial charge in [-0.15, -0.1) is 0 Å². The number of hydrogen-bond donors (Lipinski definition) is 1. The normalized spacial score (nSPS) is 16.5. The van der Waals surface area contributed by atoms with Crippen LogP contribution in [-0.4, -0.2) is 24.1 Å². The summed E-state index contributed by atoms with van der Waals surface area (Å²) < 4.78 is 20.3. The third kappa shape index (κ3) is 3.10. The Morgan fingerprint density at radius 1 is 1.23 bits per heavy atom. The molecule has 1 aliphatic heterocycles. The highest BCUT2D eigenvalue weighted by atomic mass is 32.1. The number of fused-ring (bicyclic) bond motifs is 1. The minimum atomic E-state index is -0.797. The molecule has 1 amide bonds. The number of benzene rings is 2. The van der Waals surface area contributed by atoms with Crippen molar-refractivity contribution in [3.05, 3.63) is 59.4 Å². The molecule has 1 saturated heterocycles. The van der Waals surface area contributed by atoms with Crippen LogP contribution in [0, 0.1) is 12.7 Å². The molecule has 2 heterocycles. The van der Waals surface area contributed by atoms with Gasteiger partial charge in [0.25, 0.3) is 0 Å². The lowest BCUT2D eigenvalue weighted by molar-refractivity contribution is -0.125. The van der Waals surface area contributed by atoms with Crippen molar-refractivity contribution >= 4 is 32.6 Å². The number of halogens is 1. The minimum Gasteiger partial charge on any atom is -0.381 e. The van der Waals surface area contributed by atoms with E-state index >= 15 is 0 Å². The van der Waals surface area contributed by atoms with Gasteiger partial charge >= 0.3 is 0 Å². The number of ether oxygens (including phenoxy) is 1. The number of aryl methyl sites for hydroxylation is 1. The van der Waals surface area contributed by atoms with E-state index in [2.05, 4.69) is 16.4 Å². The van der Waals surface area contributed by atoms with E-state index in [9.17, 15) is 9.18 Å². The molecule has 1 fully saturated rings. The van der Waals surface area contributed by atoms with Gasteiger partial charge in [0, 0.05) is 13.2 Å². The van der Waals surface area contributed by atoms with E-state index in [0.717, 1.165) is 15.8 Å². The Balaban J connectivity index is 1.67. The van der Waals surface area contributed by atoms with Crippen LogP contribution in [0.1, 0.15) is 24.0 Å². The molecule has 1 aromatic heterocycles. The van der Waals surface area contributed by atoms with Gasteiger partial charge in [-0.2, -0.15) is 0 Å². The van der Waals surface area contributed by atoms with Crippen LogP contribution in [0.3, 0.4) is 0 Å². The summed E-state index contributed by atoms with van der Waals surface area (Å²) in [5.41, 5.74) is 1.91. The molecule has 4 rings (SSSR count). The lowest BCUT2D eigenvalue weighted by Gasteiger charge is -2.36. The fourth-order valence-corrected chi connectivity index (χ4v) is 4.41. The highest BCUT2D eigenvalue weighted by Gasteiger charge is 2.42. The third-order valence-electron chi connectivity index (χ3n) is 4.92. The highest BCUT2D eigenvalue weighted by molar-refractivity contribution is 7.22. The van der Waals surface area contributed by atoms with E-state index in [4.69, 9.17) is 4.74 Å². The summed E-state index contributed by atoms with van der Waals surface area (Å²) in [4.78, 5) is 17.7. The van der Waals surface area contributed by atoms with Crippen LogP contribution in [0.25, 0.3) is 10.2 Å². The van der Waals surface area contributed by atoms with Gasteiger partial charge in [-0.3, -0.25) is 4.79 Å². The van der Waals surface area contributed by atoms with E-state index in [1.165, 1.54) is 23.5 Å². The van der Waals surface area contributed by atoms with Gasteiger partial charge in [0.05, 0.1) is 15.6 Å². The predicted octanol–water partition coefficient (Wildman–Crippen LogP) is 4.43. The number of rotatable bonds is 3. The predicted molar refractivity (Wildman–Crippen MR) is 101 cm³/mol. The van der Waals surface area contributed by atoms with Gasteiger partial charge in [0.1, 0.15) is 5.82 Å². The van der Waals surface area contributed by atoms with Crippen molar-refractivity contribution in [1.82, 2.24) is 4.98 Å². The molecule has 1 N–H and O–H groups in total. The number of carbonyl (C=O) groups excluding carboxylic acids is 1. The van der Waals surface area contributed by atoms with Crippen LogP contribution < -0.4 is 5.32 Å². The summed E-state index contributed by atoms with van der Waals surface area (Å²) in [5, 5.41) is 3.54. The minimum absolute atomic E-state index is 0.151. The van der Waals surface area contributed by atoms with Gasteiger partial charge in [0.15, 0.2) is 5.13 Å². The van der Waals surface area contributed by atoms with Crippen molar-refractivity contribution in [2.75, 3.05) is 18.5 Å². The van der Waals surface area contributed by atoms with Gasteiger partial charge < -0.3 is 10.1 Å². The maximum Gasteiger partial charge on any atom is 0.236 e. The third-order valence-corrected chi connectivity index (χ3v) is 5.86. The molecule has 2 aromatic carbocycles. The summed E-state index contributed by atoms with van der Waals surface area (Å²) >= 11 is 1.45. The first-order valence-corrected chi connectivity index (χ1v) is 9.41. The molecule has 0 atom stereocenters. The summed E-state index contributed by atoms with van der Waals surface area (Å²) in [6.45, 7) is 2.98. The van der Waals surface area contributed by atoms with Crippen molar-refractivity contribution in [2.24, 2.45) is 0 Å². The van der Waals surface area contributed by atoms with Crippen LogP contribution in [0.15, 0.2) is 42.5 Å². The van der Waals surface area contributed by atoms with E-state index < -0.39 is 5.41 Å². The van der Waals surface area contributed by atoms with Crippen molar-refractivity contribution in [1.29, 1.82) is 0 Å². The van der Waals surface area contributed by atoms with Crippen molar-refractivity contribution in [3.63, 3.8) is 0 Å². The van der Waals surface area contributed by atoms with Crippen LogP contribution >= 0.6 is 11.3 Å². The fraction of sp³-hybridized carbons (Fsp3) is 0.300. The van der Waals surface area contributed by atoms with Crippen LogP contribution in [0.2, 0.25) is 0 Å². The van der Waals surface area contributed by atoms with Crippen molar-refractivity contribution in [3.8, 4) is 0 Å². The second-order valence-electron chi connectivity index (χ2n) is 6.65. The number of carbonyl (C=O) groups is 1. The molecule has 4 nitrogen and oxygen atoms in total. The molecule has 3 aromatic rings. The zero-order valence-corrected chi connectivity index (χ0v) is 15.2. The molecule has 26 heavy (non-hydrogen) atoms. The number of thiazole rings is 1. The number of nitrogens with one attached hydrogen (secondary N) is 1. The Labute approximate surface area is 155 Å². The zero-order valence-electron chi connectivity index (χ0n) is 14.4. The molecule has 0 bridgehead atoms. The molecule has 1 aliphatic rings. The number of amides is 1. The number of nitrogens with zero attached hydrogens (tertiary/aromatic N) is 1. The molecule has 0 spiro atoms. The first kappa shape index (κ1) is 17.1. The van der Waals surface area contributed by atoms with E-state index in [-0.39, 0.29) is 11.7 Å². The topological polar surface area (TPSA) is 51.2 Å². The maximum absolute atomic E-state index is 13.8. The molecular formula is C20H19FN2O2S. The Hall–Kier alpha value is -2.31. The van der Waals surface area contributed by atoms with E-state index in [1.54, 1.807) is 6.07 Å². The Morgan fingerprint density at radius 2 is 2.04 bits per heavy atom. The fourth-order valence-electron chi connectivity index (χ4n) is 3.45. The standard InChI is InChI=1S/C20H19FN2O2S/c1-13-5-6-16-17(11-13)26-19(22-16)23-18(24)20(7-9-25-10-8-20)14-3-2-4-15(21)12-14/h2-6,11-12H,7-10H2,1H3,(H,22,23,24).